The van der Waals surface area contributed by atoms with E-state index in [1.54, 1.807) is 6.07 Å². The van der Waals surface area contributed by atoms with Gasteiger partial charge >= 0.3 is 0 Å². The molecule has 0 aliphatic carbocycles. The first kappa shape index (κ1) is 14.7. The standard InChI is InChI=1S/C18H11Cl2NO/c1-2-16(11-22)21-17-8-7-15(20)9-13(17)10-18(21)12-3-5-14(19)6-4-12/h2-10H,1H2. The quantitative estimate of drug-likeness (QED) is 0.461. The Morgan fingerprint density at radius 2 is 1.73 bits per heavy atom. The van der Waals surface area contributed by atoms with E-state index in [1.807, 2.05) is 53.0 Å². The number of fused-ring (bicyclic) bond motifs is 1. The topological polar surface area (TPSA) is 22.0 Å². The van der Waals surface area contributed by atoms with Gasteiger partial charge in [-0.15, -0.1) is 0 Å². The summed E-state index contributed by atoms with van der Waals surface area (Å²) >= 11 is 12.0. The minimum Gasteiger partial charge on any atom is -0.300 e. The third-order valence-corrected chi connectivity index (χ3v) is 3.93. The zero-order valence-corrected chi connectivity index (χ0v) is 13.0. The van der Waals surface area contributed by atoms with Crippen LogP contribution in [0.25, 0.3) is 27.9 Å². The molecule has 0 aliphatic heterocycles. The third-order valence-electron chi connectivity index (χ3n) is 3.44. The molecule has 0 saturated carbocycles. The Kier molecular flexibility index (Phi) is 3.91. The largest absolute Gasteiger partial charge is 0.300 e. The lowest BCUT2D eigenvalue weighted by molar-refractivity contribution is 0.569. The van der Waals surface area contributed by atoms with Gasteiger partial charge in [-0.25, -0.2) is 4.79 Å². The molecule has 4 heteroatoms. The summed E-state index contributed by atoms with van der Waals surface area (Å²) < 4.78 is 1.81. The lowest BCUT2D eigenvalue weighted by Crippen LogP contribution is -1.97. The fourth-order valence-electron chi connectivity index (χ4n) is 2.46. The Bertz CT molecular complexity index is 916. The van der Waals surface area contributed by atoms with Crippen LogP contribution in [0, 0.1) is 0 Å². The van der Waals surface area contributed by atoms with Gasteiger partial charge < -0.3 is 0 Å². The molecule has 0 N–H and O–H groups in total. The molecule has 0 bridgehead atoms. The Balaban J connectivity index is 2.37. The number of allylic oxidation sites excluding steroid dienone is 2. The third kappa shape index (κ3) is 2.49. The number of hydrogen-bond acceptors (Lipinski definition) is 1. The number of nitrogens with zero attached hydrogens (tertiary/aromatic N) is 1. The SMILES string of the molecule is C=CC(=C=O)n1c(-c2ccc(Cl)cc2)cc2cc(Cl)ccc21. The Hall–Kier alpha value is -2.25. The normalized spacial score (nSPS) is 10.5. The summed E-state index contributed by atoms with van der Waals surface area (Å²) in [5.74, 6) is 1.93. The van der Waals surface area contributed by atoms with Crippen molar-refractivity contribution in [3.63, 3.8) is 0 Å². The summed E-state index contributed by atoms with van der Waals surface area (Å²) in [5.41, 5.74) is 3.01. The highest BCUT2D eigenvalue weighted by molar-refractivity contribution is 6.31. The smallest absolute Gasteiger partial charge is 0.151 e. The van der Waals surface area contributed by atoms with Crippen LogP contribution < -0.4 is 0 Å². The minimum absolute atomic E-state index is 0.349. The number of hydrogen-bond donors (Lipinski definition) is 0. The number of carbonyl (C=O) groups excluding carboxylic acids is 1. The maximum absolute atomic E-state index is 11.3. The van der Waals surface area contributed by atoms with Gasteiger partial charge in [0.2, 0.25) is 0 Å². The summed E-state index contributed by atoms with van der Waals surface area (Å²) in [7, 11) is 0. The van der Waals surface area contributed by atoms with E-state index < -0.39 is 0 Å². The summed E-state index contributed by atoms with van der Waals surface area (Å²) in [4.78, 5) is 11.3. The van der Waals surface area contributed by atoms with Crippen LogP contribution >= 0.6 is 23.2 Å². The van der Waals surface area contributed by atoms with Gasteiger partial charge in [0, 0.05) is 15.4 Å². The van der Waals surface area contributed by atoms with Crippen LogP contribution in [0.5, 0.6) is 0 Å². The predicted molar refractivity (Wildman–Crippen MR) is 93.0 cm³/mol. The van der Waals surface area contributed by atoms with E-state index in [2.05, 4.69) is 6.58 Å². The molecule has 2 aromatic carbocycles. The van der Waals surface area contributed by atoms with E-state index in [9.17, 15) is 4.79 Å². The van der Waals surface area contributed by atoms with Crippen molar-refractivity contribution in [3.8, 4) is 11.3 Å². The highest BCUT2D eigenvalue weighted by Gasteiger charge is 2.13. The van der Waals surface area contributed by atoms with Gasteiger partial charge in [-0.3, -0.25) is 4.57 Å². The van der Waals surface area contributed by atoms with Gasteiger partial charge in [-0.05, 0) is 48.0 Å². The summed E-state index contributed by atoms with van der Waals surface area (Å²) in [6.07, 6.45) is 1.49. The molecule has 0 aliphatic rings. The molecule has 108 valence electrons. The molecule has 0 atom stereocenters. The molecule has 1 heterocycles. The molecule has 0 saturated heterocycles. The van der Waals surface area contributed by atoms with Crippen LogP contribution in [0.1, 0.15) is 0 Å². The Labute approximate surface area is 137 Å². The molecule has 2 nitrogen and oxygen atoms in total. The van der Waals surface area contributed by atoms with Crippen molar-refractivity contribution in [2.75, 3.05) is 0 Å². The lowest BCUT2D eigenvalue weighted by Gasteiger charge is -2.09. The van der Waals surface area contributed by atoms with Crippen molar-refractivity contribution < 1.29 is 4.79 Å². The number of rotatable bonds is 3. The van der Waals surface area contributed by atoms with E-state index >= 15 is 0 Å². The molecule has 0 radical (unpaired) electrons. The van der Waals surface area contributed by atoms with Gasteiger partial charge in [0.25, 0.3) is 0 Å². The van der Waals surface area contributed by atoms with Crippen LogP contribution in [0.4, 0.5) is 0 Å². The Morgan fingerprint density at radius 3 is 2.36 bits per heavy atom. The maximum Gasteiger partial charge on any atom is 0.151 e. The second-order valence-electron chi connectivity index (χ2n) is 4.77. The molecule has 0 fully saturated rings. The number of aromatic nitrogens is 1. The zero-order chi connectivity index (χ0) is 15.7. The van der Waals surface area contributed by atoms with Crippen LogP contribution in [-0.4, -0.2) is 10.5 Å². The van der Waals surface area contributed by atoms with Gasteiger partial charge in [-0.2, -0.15) is 0 Å². The van der Waals surface area contributed by atoms with Gasteiger partial charge in [-0.1, -0.05) is 41.9 Å². The number of benzene rings is 2. The second kappa shape index (κ2) is 5.86. The first-order valence-electron chi connectivity index (χ1n) is 6.59. The monoisotopic (exact) mass is 327 g/mol. The van der Waals surface area contributed by atoms with Gasteiger partial charge in [0.05, 0.1) is 11.2 Å². The molecule has 1 aromatic heterocycles. The molecule has 0 spiro atoms. The zero-order valence-electron chi connectivity index (χ0n) is 11.5. The van der Waals surface area contributed by atoms with Crippen LogP contribution in [0.2, 0.25) is 10.0 Å². The predicted octanol–water partition coefficient (Wildman–Crippen LogP) is 5.47. The first-order valence-corrected chi connectivity index (χ1v) is 7.34. The maximum atomic E-state index is 11.3. The molecule has 0 amide bonds. The van der Waals surface area contributed by atoms with Crippen molar-refractivity contribution >= 4 is 45.7 Å². The van der Waals surface area contributed by atoms with Crippen molar-refractivity contribution in [3.05, 3.63) is 71.2 Å². The average molecular weight is 328 g/mol. The summed E-state index contributed by atoms with van der Waals surface area (Å²) in [6.45, 7) is 3.69. The molecule has 22 heavy (non-hydrogen) atoms. The van der Waals surface area contributed by atoms with E-state index in [-0.39, 0.29) is 0 Å². The summed E-state index contributed by atoms with van der Waals surface area (Å²) in [6, 6.07) is 14.9. The van der Waals surface area contributed by atoms with E-state index in [0.29, 0.717) is 15.7 Å². The Morgan fingerprint density at radius 1 is 1.05 bits per heavy atom. The van der Waals surface area contributed by atoms with Crippen LogP contribution in [0.3, 0.4) is 0 Å². The van der Waals surface area contributed by atoms with Crippen molar-refractivity contribution in [1.29, 1.82) is 0 Å². The van der Waals surface area contributed by atoms with Crippen LogP contribution in [0.15, 0.2) is 61.2 Å². The van der Waals surface area contributed by atoms with E-state index in [1.165, 1.54) is 6.08 Å². The molecule has 3 rings (SSSR count). The van der Waals surface area contributed by atoms with Gasteiger partial charge in [0.1, 0.15) is 5.70 Å². The highest BCUT2D eigenvalue weighted by atomic mass is 35.5. The van der Waals surface area contributed by atoms with E-state index in [0.717, 1.165) is 22.2 Å². The fourth-order valence-corrected chi connectivity index (χ4v) is 2.76. The molecule has 3 aromatic rings. The van der Waals surface area contributed by atoms with Crippen LogP contribution in [-0.2, 0) is 4.79 Å². The van der Waals surface area contributed by atoms with Gasteiger partial charge in [0.15, 0.2) is 5.94 Å². The molecular formula is C18H11Cl2NO. The number of halogens is 2. The minimum atomic E-state index is 0.349. The highest BCUT2D eigenvalue weighted by Crippen LogP contribution is 2.32. The van der Waals surface area contributed by atoms with Crippen molar-refractivity contribution in [2.24, 2.45) is 0 Å². The fraction of sp³-hybridized carbons (Fsp3) is 0. The van der Waals surface area contributed by atoms with E-state index in [4.69, 9.17) is 23.2 Å². The van der Waals surface area contributed by atoms with Crippen molar-refractivity contribution in [2.45, 2.75) is 0 Å². The summed E-state index contributed by atoms with van der Waals surface area (Å²) in [5, 5.41) is 2.24. The lowest BCUT2D eigenvalue weighted by atomic mass is 10.1. The molecular weight excluding hydrogens is 317 g/mol. The average Bonchev–Trinajstić information content (AvgIpc) is 2.88. The first-order chi connectivity index (χ1) is 10.6. The van der Waals surface area contributed by atoms with Crippen molar-refractivity contribution in [1.82, 2.24) is 4.57 Å². The second-order valence-corrected chi connectivity index (χ2v) is 5.64. The molecule has 0 unspecified atom stereocenters.